The molecule has 5 heteroatoms. The Hall–Kier alpha value is -2.95. The van der Waals surface area contributed by atoms with Crippen LogP contribution in [0.15, 0.2) is 53.1 Å². The van der Waals surface area contributed by atoms with Gasteiger partial charge in [-0.15, -0.1) is 0 Å². The summed E-state index contributed by atoms with van der Waals surface area (Å²) in [5.74, 6) is -0.323. The maximum Gasteiger partial charge on any atom is 0.337 e. The van der Waals surface area contributed by atoms with Crippen molar-refractivity contribution in [2.24, 2.45) is 0 Å². The summed E-state index contributed by atoms with van der Waals surface area (Å²) in [4.78, 5) is 11.4. The van der Waals surface area contributed by atoms with Crippen molar-refractivity contribution in [3.8, 4) is 22.9 Å². The van der Waals surface area contributed by atoms with E-state index in [1.54, 1.807) is 54.0 Å². The molecule has 0 aliphatic carbocycles. The van der Waals surface area contributed by atoms with Crippen molar-refractivity contribution in [3.05, 3.63) is 60.0 Å². The highest BCUT2D eigenvalue weighted by molar-refractivity contribution is 5.91. The van der Waals surface area contributed by atoms with E-state index in [1.807, 2.05) is 0 Å². The first-order valence-corrected chi connectivity index (χ1v) is 6.37. The molecule has 0 unspecified atom stereocenters. The molecule has 3 aromatic rings. The third-order valence-electron chi connectivity index (χ3n) is 3.34. The van der Waals surface area contributed by atoms with Crippen LogP contribution in [-0.4, -0.2) is 20.7 Å². The van der Waals surface area contributed by atoms with Crippen molar-refractivity contribution >= 4 is 5.97 Å². The van der Waals surface area contributed by atoms with Gasteiger partial charge >= 0.3 is 5.97 Å². The number of furan rings is 1. The molecule has 0 atom stereocenters. The number of benzene rings is 1. The van der Waals surface area contributed by atoms with Crippen molar-refractivity contribution in [3.63, 3.8) is 0 Å². The van der Waals surface area contributed by atoms with E-state index in [2.05, 4.69) is 0 Å². The van der Waals surface area contributed by atoms with E-state index in [9.17, 15) is 15.0 Å². The molecular weight excluding hydrogens is 270 g/mol. The molecule has 1 aromatic carbocycles. The predicted molar refractivity (Wildman–Crippen MR) is 76.8 cm³/mol. The zero-order valence-corrected chi connectivity index (χ0v) is 11.3. The van der Waals surface area contributed by atoms with E-state index in [1.165, 1.54) is 6.26 Å². The molecule has 3 rings (SSSR count). The monoisotopic (exact) mass is 283 g/mol. The van der Waals surface area contributed by atoms with Crippen LogP contribution in [-0.2, 0) is 0 Å². The Morgan fingerprint density at radius 2 is 2.00 bits per heavy atom. The van der Waals surface area contributed by atoms with Crippen molar-refractivity contribution in [1.82, 2.24) is 4.57 Å². The maximum atomic E-state index is 11.4. The van der Waals surface area contributed by atoms with Gasteiger partial charge in [0.05, 0.1) is 17.5 Å². The van der Waals surface area contributed by atoms with Gasteiger partial charge in [-0.05, 0) is 37.3 Å². The number of aromatic nitrogens is 1. The largest absolute Gasteiger partial charge is 0.508 e. The summed E-state index contributed by atoms with van der Waals surface area (Å²) < 4.78 is 7.14. The van der Waals surface area contributed by atoms with Gasteiger partial charge < -0.3 is 19.2 Å². The average Bonchev–Trinajstić information content (AvgIpc) is 3.05. The summed E-state index contributed by atoms with van der Waals surface area (Å²) >= 11 is 0. The molecule has 0 aliphatic heterocycles. The first kappa shape index (κ1) is 13.1. The molecule has 2 N–H and O–H groups in total. The van der Waals surface area contributed by atoms with Gasteiger partial charge in [0, 0.05) is 17.4 Å². The molecule has 0 spiro atoms. The molecule has 2 heterocycles. The number of carboxylic acids is 1. The molecule has 5 nitrogen and oxygen atoms in total. The number of aromatic hydroxyl groups is 1. The second-order valence-electron chi connectivity index (χ2n) is 4.67. The van der Waals surface area contributed by atoms with Gasteiger partial charge in [0.25, 0.3) is 0 Å². The molecule has 0 saturated heterocycles. The highest BCUT2D eigenvalue weighted by Crippen LogP contribution is 2.30. The lowest BCUT2D eigenvalue weighted by atomic mass is 10.2. The second-order valence-corrected chi connectivity index (χ2v) is 4.67. The molecule has 21 heavy (non-hydrogen) atoms. The number of carboxylic acid groups (broad SMARTS) is 1. The van der Waals surface area contributed by atoms with E-state index >= 15 is 0 Å². The molecule has 0 fully saturated rings. The average molecular weight is 283 g/mol. The van der Waals surface area contributed by atoms with E-state index in [-0.39, 0.29) is 11.3 Å². The number of carbonyl (C=O) groups is 1. The Morgan fingerprint density at radius 1 is 1.19 bits per heavy atom. The third kappa shape index (κ3) is 2.18. The number of hydrogen-bond donors (Lipinski definition) is 2. The summed E-state index contributed by atoms with van der Waals surface area (Å²) in [6.45, 7) is 1.72. The van der Waals surface area contributed by atoms with Crippen LogP contribution in [0.4, 0.5) is 0 Å². The van der Waals surface area contributed by atoms with Crippen molar-refractivity contribution < 1.29 is 19.4 Å². The molecule has 106 valence electrons. The van der Waals surface area contributed by atoms with Crippen LogP contribution in [0.1, 0.15) is 16.1 Å². The lowest BCUT2D eigenvalue weighted by Crippen LogP contribution is -2.02. The quantitative estimate of drug-likeness (QED) is 0.772. The van der Waals surface area contributed by atoms with Crippen molar-refractivity contribution in [2.75, 3.05) is 0 Å². The molecule has 2 aromatic heterocycles. The minimum absolute atomic E-state index is 0.114. The number of aromatic carboxylic acids is 1. The van der Waals surface area contributed by atoms with Crippen LogP contribution in [0.2, 0.25) is 0 Å². The fourth-order valence-corrected chi connectivity index (χ4v) is 2.39. The number of rotatable bonds is 3. The topological polar surface area (TPSA) is 75.6 Å². The normalized spacial score (nSPS) is 10.7. The molecule has 0 bridgehead atoms. The summed E-state index contributed by atoms with van der Waals surface area (Å²) in [6.07, 6.45) is 1.53. The van der Waals surface area contributed by atoms with Gasteiger partial charge in [0.2, 0.25) is 0 Å². The Kier molecular flexibility index (Phi) is 3.02. The van der Waals surface area contributed by atoms with Crippen molar-refractivity contribution in [1.29, 1.82) is 0 Å². The van der Waals surface area contributed by atoms with Crippen LogP contribution in [0.25, 0.3) is 17.1 Å². The zero-order chi connectivity index (χ0) is 15.0. The predicted octanol–water partition coefficient (Wildman–Crippen LogP) is 3.45. The summed E-state index contributed by atoms with van der Waals surface area (Å²) in [5, 5.41) is 19.0. The van der Waals surface area contributed by atoms with Crippen LogP contribution < -0.4 is 0 Å². The van der Waals surface area contributed by atoms with E-state index in [0.29, 0.717) is 22.8 Å². The molecule has 0 aliphatic rings. The van der Waals surface area contributed by atoms with Gasteiger partial charge in [0.1, 0.15) is 5.75 Å². The molecule has 0 radical (unpaired) electrons. The standard InChI is InChI=1S/C16H13NO4/c1-10-13(16(19)20)9-14(15-6-3-7-21-15)17(10)11-4-2-5-12(18)8-11/h2-9,18H,1H3,(H,19,20). The molecule has 0 saturated carbocycles. The van der Waals surface area contributed by atoms with Gasteiger partial charge in [-0.1, -0.05) is 6.07 Å². The zero-order valence-electron chi connectivity index (χ0n) is 11.3. The van der Waals surface area contributed by atoms with Crippen LogP contribution >= 0.6 is 0 Å². The number of nitrogens with zero attached hydrogens (tertiary/aromatic N) is 1. The number of hydrogen-bond acceptors (Lipinski definition) is 3. The van der Waals surface area contributed by atoms with E-state index in [4.69, 9.17) is 4.42 Å². The Balaban J connectivity index is 2.29. The molecular formula is C16H13NO4. The fraction of sp³-hybridized carbons (Fsp3) is 0.0625. The fourth-order valence-electron chi connectivity index (χ4n) is 2.39. The summed E-state index contributed by atoms with van der Waals surface area (Å²) in [6, 6.07) is 11.7. The first-order valence-electron chi connectivity index (χ1n) is 6.37. The second kappa shape index (κ2) is 4.86. The highest BCUT2D eigenvalue weighted by Gasteiger charge is 2.20. The van der Waals surface area contributed by atoms with Gasteiger partial charge in [-0.3, -0.25) is 0 Å². The summed E-state index contributed by atoms with van der Waals surface area (Å²) in [7, 11) is 0. The van der Waals surface area contributed by atoms with Crippen LogP contribution in [0.3, 0.4) is 0 Å². The highest BCUT2D eigenvalue weighted by atomic mass is 16.4. The van der Waals surface area contributed by atoms with Gasteiger partial charge in [-0.2, -0.15) is 0 Å². The maximum absolute atomic E-state index is 11.4. The Morgan fingerprint density at radius 3 is 2.62 bits per heavy atom. The van der Waals surface area contributed by atoms with E-state index < -0.39 is 5.97 Å². The minimum atomic E-state index is -1.00. The first-order chi connectivity index (χ1) is 10.1. The Bertz CT molecular complexity index is 800. The van der Waals surface area contributed by atoms with Gasteiger partial charge in [0.15, 0.2) is 5.76 Å². The molecule has 0 amide bonds. The third-order valence-corrected chi connectivity index (χ3v) is 3.34. The number of phenols is 1. The Labute approximate surface area is 120 Å². The number of phenolic OH excluding ortho intramolecular Hbond substituents is 1. The lowest BCUT2D eigenvalue weighted by Gasteiger charge is -2.11. The lowest BCUT2D eigenvalue weighted by molar-refractivity contribution is 0.0696. The minimum Gasteiger partial charge on any atom is -0.508 e. The summed E-state index contributed by atoms with van der Waals surface area (Å²) in [5.41, 5.74) is 2.07. The van der Waals surface area contributed by atoms with E-state index in [0.717, 1.165) is 0 Å². The van der Waals surface area contributed by atoms with Crippen LogP contribution in [0.5, 0.6) is 5.75 Å². The smallest absolute Gasteiger partial charge is 0.337 e. The SMILES string of the molecule is Cc1c(C(=O)O)cc(-c2ccco2)n1-c1cccc(O)c1. The van der Waals surface area contributed by atoms with Gasteiger partial charge in [-0.25, -0.2) is 4.79 Å². The van der Waals surface area contributed by atoms with Crippen molar-refractivity contribution in [2.45, 2.75) is 6.92 Å². The van der Waals surface area contributed by atoms with Crippen LogP contribution in [0, 0.1) is 6.92 Å².